The highest BCUT2D eigenvalue weighted by Crippen LogP contribution is 2.50. The molecule has 1 aromatic carbocycles. The van der Waals surface area contributed by atoms with E-state index in [4.69, 9.17) is 28.7 Å². The molecule has 24 heavy (non-hydrogen) atoms. The Kier molecular flexibility index (Phi) is 8.59. The van der Waals surface area contributed by atoms with Gasteiger partial charge in [-0.3, -0.25) is 9.05 Å². The summed E-state index contributed by atoms with van der Waals surface area (Å²) in [5.74, 6) is -0.898. The summed E-state index contributed by atoms with van der Waals surface area (Å²) < 4.78 is 31.7. The quantitative estimate of drug-likeness (QED) is 0.471. The summed E-state index contributed by atoms with van der Waals surface area (Å²) in [6.45, 7) is -0.127. The van der Waals surface area contributed by atoms with Crippen LogP contribution < -0.4 is 4.74 Å². The van der Waals surface area contributed by atoms with Gasteiger partial charge in [0.25, 0.3) is 0 Å². The van der Waals surface area contributed by atoms with Crippen LogP contribution in [0.5, 0.6) is 5.75 Å². The minimum atomic E-state index is -4.41. The molecule has 0 aliphatic heterocycles. The van der Waals surface area contributed by atoms with Gasteiger partial charge in [0.05, 0.1) is 33.0 Å². The van der Waals surface area contributed by atoms with Crippen molar-refractivity contribution in [2.24, 2.45) is 0 Å². The summed E-state index contributed by atoms with van der Waals surface area (Å²) in [5, 5.41) is 17.5. The molecule has 0 radical (unpaired) electrons. The van der Waals surface area contributed by atoms with Gasteiger partial charge in [-0.2, -0.15) is 0 Å². The van der Waals surface area contributed by atoms with Crippen molar-refractivity contribution in [3.8, 4) is 5.75 Å². The summed E-state index contributed by atoms with van der Waals surface area (Å²) in [5.41, 5.74) is -1.41. The van der Waals surface area contributed by atoms with Crippen LogP contribution in [0.25, 0.3) is 0 Å². The van der Waals surface area contributed by atoms with Crippen LogP contribution in [0.15, 0.2) is 24.3 Å². The minimum Gasteiger partial charge on any atom is -0.462 e. The first-order valence-electron chi connectivity index (χ1n) is 7.07. The highest BCUT2D eigenvalue weighted by Gasteiger charge is 2.38. The Morgan fingerprint density at radius 1 is 1.08 bits per heavy atom. The first-order valence-corrected chi connectivity index (χ1v) is 8.62. The topological polar surface area (TPSA) is 129 Å². The molecule has 0 atom stereocenters. The van der Waals surface area contributed by atoms with Crippen molar-refractivity contribution < 1.29 is 42.9 Å². The third kappa shape index (κ3) is 5.70. The van der Waals surface area contributed by atoms with Crippen LogP contribution in [0.4, 0.5) is 4.79 Å². The Morgan fingerprint density at radius 2 is 1.67 bits per heavy atom. The molecule has 0 bridgehead atoms. The maximum atomic E-state index is 12.4. The zero-order valence-corrected chi connectivity index (χ0v) is 13.9. The first kappa shape index (κ1) is 20.3. The predicted octanol–water partition coefficient (Wildman–Crippen LogP) is 1.57. The summed E-state index contributed by atoms with van der Waals surface area (Å²) in [4.78, 5) is 24.0. The van der Waals surface area contributed by atoms with Gasteiger partial charge in [-0.25, -0.2) is 14.2 Å². The number of hydrogen-bond donors (Lipinski definition) is 2. The second-order valence-corrected chi connectivity index (χ2v) is 6.07. The van der Waals surface area contributed by atoms with Gasteiger partial charge in [-0.05, 0) is 19.1 Å². The third-order valence-corrected chi connectivity index (χ3v) is 4.09. The van der Waals surface area contributed by atoms with Crippen molar-refractivity contribution in [1.82, 2.24) is 0 Å². The van der Waals surface area contributed by atoms with E-state index >= 15 is 0 Å². The third-order valence-electron chi connectivity index (χ3n) is 2.51. The Morgan fingerprint density at radius 3 is 2.21 bits per heavy atom. The largest absolute Gasteiger partial charge is 0.462 e. The summed E-state index contributed by atoms with van der Waals surface area (Å²) >= 11 is 0. The van der Waals surface area contributed by atoms with Gasteiger partial charge in [-0.15, -0.1) is 0 Å². The fraction of sp³-hybridized carbons (Fsp3) is 0.429. The number of carbonyl (C=O) groups is 2. The molecular formula is C14H19O9P. The number of rotatable bonds is 10. The molecule has 10 heteroatoms. The van der Waals surface area contributed by atoms with Gasteiger partial charge >= 0.3 is 19.3 Å². The normalized spacial score (nSPS) is 11.1. The van der Waals surface area contributed by atoms with E-state index < -0.39 is 45.7 Å². The van der Waals surface area contributed by atoms with Crippen LogP contribution in [0.3, 0.4) is 0 Å². The van der Waals surface area contributed by atoms with Crippen LogP contribution in [-0.2, 0) is 18.3 Å². The Bertz CT molecular complexity index is 590. The van der Waals surface area contributed by atoms with Gasteiger partial charge < -0.3 is 19.7 Å². The van der Waals surface area contributed by atoms with E-state index in [-0.39, 0.29) is 17.9 Å². The fourth-order valence-electron chi connectivity index (χ4n) is 1.55. The van der Waals surface area contributed by atoms with Crippen LogP contribution in [0, 0.1) is 0 Å². The van der Waals surface area contributed by atoms with E-state index in [1.807, 2.05) is 0 Å². The second kappa shape index (κ2) is 10.2. The fourth-order valence-corrected chi connectivity index (χ4v) is 2.69. The molecule has 2 N–H and O–H groups in total. The van der Waals surface area contributed by atoms with Gasteiger partial charge in [0.2, 0.25) is 0 Å². The van der Waals surface area contributed by atoms with Crippen LogP contribution >= 0.6 is 7.60 Å². The second-order valence-electron chi connectivity index (χ2n) is 4.20. The standard InChI is InChI=1S/C14H19O9P/c1-2-20-13(17)11-5-3-4-6-12(11)23-14(18)24(19,21-9-7-15)22-10-8-16/h3-6,15-16H,2,7-10H2,1H3. The summed E-state index contributed by atoms with van der Waals surface area (Å²) in [6, 6.07) is 5.72. The van der Waals surface area contributed by atoms with E-state index in [2.05, 4.69) is 0 Å². The van der Waals surface area contributed by atoms with Crippen molar-refractivity contribution in [1.29, 1.82) is 0 Å². The highest BCUT2D eigenvalue weighted by atomic mass is 31.2. The zero-order chi connectivity index (χ0) is 18.0. The monoisotopic (exact) mass is 362 g/mol. The SMILES string of the molecule is CCOC(=O)c1ccccc1OC(=O)P(=O)(OCCO)OCCO. The molecule has 0 saturated heterocycles. The molecule has 1 aromatic rings. The van der Waals surface area contributed by atoms with E-state index in [1.54, 1.807) is 6.92 Å². The molecule has 0 heterocycles. The van der Waals surface area contributed by atoms with Gasteiger partial charge in [0.15, 0.2) is 0 Å². The lowest BCUT2D eigenvalue weighted by Gasteiger charge is -2.16. The number of carbonyl (C=O) groups excluding carboxylic acids is 2. The molecule has 134 valence electrons. The molecule has 0 amide bonds. The van der Waals surface area contributed by atoms with E-state index in [1.165, 1.54) is 24.3 Å². The molecule has 9 nitrogen and oxygen atoms in total. The van der Waals surface area contributed by atoms with Crippen molar-refractivity contribution in [3.05, 3.63) is 29.8 Å². The zero-order valence-electron chi connectivity index (χ0n) is 13.0. The lowest BCUT2D eigenvalue weighted by Crippen LogP contribution is -2.16. The van der Waals surface area contributed by atoms with E-state index in [0.717, 1.165) is 0 Å². The molecule has 0 aliphatic rings. The number of para-hydroxylation sites is 1. The highest BCUT2D eigenvalue weighted by molar-refractivity contribution is 7.71. The predicted molar refractivity (Wildman–Crippen MR) is 82.1 cm³/mol. The number of esters is 1. The van der Waals surface area contributed by atoms with Gasteiger partial charge in [-0.1, -0.05) is 12.1 Å². The maximum absolute atomic E-state index is 12.4. The number of ether oxygens (including phenoxy) is 2. The van der Waals surface area contributed by atoms with Crippen molar-refractivity contribution in [2.75, 3.05) is 33.0 Å². The minimum absolute atomic E-state index is 0.0384. The molecule has 0 aromatic heterocycles. The number of hydrogen-bond acceptors (Lipinski definition) is 9. The van der Waals surface area contributed by atoms with Crippen LogP contribution in [0.1, 0.15) is 17.3 Å². The first-order chi connectivity index (χ1) is 11.5. The molecule has 0 saturated carbocycles. The number of benzene rings is 1. The smallest absolute Gasteiger partial charge is 0.439 e. The molecular weight excluding hydrogens is 343 g/mol. The van der Waals surface area contributed by atoms with E-state index in [0.29, 0.717) is 0 Å². The Balaban J connectivity index is 2.98. The Hall–Kier alpha value is -1.77. The maximum Gasteiger partial charge on any atom is 0.439 e. The van der Waals surface area contributed by atoms with Crippen molar-refractivity contribution in [2.45, 2.75) is 6.92 Å². The summed E-state index contributed by atoms with van der Waals surface area (Å²) in [7, 11) is -4.41. The Labute approximate surface area is 138 Å². The van der Waals surface area contributed by atoms with Gasteiger partial charge in [0, 0.05) is 0 Å². The van der Waals surface area contributed by atoms with Crippen LogP contribution in [0.2, 0.25) is 0 Å². The lowest BCUT2D eigenvalue weighted by atomic mass is 10.2. The van der Waals surface area contributed by atoms with Gasteiger partial charge in [0.1, 0.15) is 11.3 Å². The molecule has 0 aliphatic carbocycles. The van der Waals surface area contributed by atoms with Crippen LogP contribution in [-0.4, -0.2) is 54.9 Å². The van der Waals surface area contributed by atoms with Crippen molar-refractivity contribution >= 4 is 19.3 Å². The molecule has 0 unspecified atom stereocenters. The van der Waals surface area contributed by atoms with Crippen molar-refractivity contribution in [3.63, 3.8) is 0 Å². The molecule has 0 spiro atoms. The average molecular weight is 362 g/mol. The lowest BCUT2D eigenvalue weighted by molar-refractivity contribution is 0.0523. The van der Waals surface area contributed by atoms with E-state index in [9.17, 15) is 14.2 Å². The number of aliphatic hydroxyl groups excluding tert-OH is 2. The average Bonchev–Trinajstić information content (AvgIpc) is 2.58. The molecule has 1 rings (SSSR count). The molecule has 0 fully saturated rings. The number of aliphatic hydroxyl groups is 2. The summed E-state index contributed by atoms with van der Waals surface area (Å²) in [6.07, 6.45) is 0.